The fourth-order valence-corrected chi connectivity index (χ4v) is 2.51. The highest BCUT2D eigenvalue weighted by molar-refractivity contribution is 9.10. The van der Waals surface area contributed by atoms with Gasteiger partial charge in [-0.25, -0.2) is 0 Å². The topological polar surface area (TPSA) is 26.3 Å². The summed E-state index contributed by atoms with van der Waals surface area (Å²) in [7, 11) is 1.60. The minimum Gasteiger partial charge on any atom is -0.496 e. The average Bonchev–Trinajstić information content (AvgIpc) is 2.81. The summed E-state index contributed by atoms with van der Waals surface area (Å²) in [4.78, 5) is 12.7. The molecular weight excluding hydrogens is 300 g/mol. The molecule has 0 spiro atoms. The van der Waals surface area contributed by atoms with Crippen LogP contribution in [-0.4, -0.2) is 12.9 Å². The molecule has 2 rings (SSSR count). The van der Waals surface area contributed by atoms with E-state index in [1.807, 2.05) is 29.6 Å². The van der Waals surface area contributed by atoms with Gasteiger partial charge < -0.3 is 4.74 Å². The smallest absolute Gasteiger partial charge is 0.177 e. The molecule has 0 N–H and O–H groups in total. The maximum absolute atomic E-state index is 12.0. The molecule has 0 aliphatic rings. The molecule has 1 heterocycles. The van der Waals surface area contributed by atoms with E-state index < -0.39 is 0 Å². The molecule has 1 aromatic carbocycles. The normalized spacial score (nSPS) is 10.2. The van der Waals surface area contributed by atoms with Crippen molar-refractivity contribution in [1.29, 1.82) is 0 Å². The lowest BCUT2D eigenvalue weighted by molar-refractivity contribution is 0.0996. The van der Waals surface area contributed by atoms with Crippen LogP contribution in [0.15, 0.2) is 40.2 Å². The Morgan fingerprint density at radius 2 is 2.06 bits per heavy atom. The molecule has 0 radical (unpaired) electrons. The van der Waals surface area contributed by atoms with Crippen LogP contribution in [0.3, 0.4) is 0 Å². The first kappa shape index (κ1) is 12.3. The number of hydrogen-bond acceptors (Lipinski definition) is 3. The number of ether oxygens (including phenoxy) is 1. The number of hydrogen-bond donors (Lipinski definition) is 0. The van der Waals surface area contributed by atoms with E-state index in [4.69, 9.17) is 4.74 Å². The highest BCUT2D eigenvalue weighted by Crippen LogP contribution is 2.22. The summed E-state index contributed by atoms with van der Waals surface area (Å²) < 4.78 is 6.08. The Morgan fingerprint density at radius 3 is 2.65 bits per heavy atom. The van der Waals surface area contributed by atoms with Gasteiger partial charge in [-0.2, -0.15) is 0 Å². The number of benzene rings is 1. The van der Waals surface area contributed by atoms with Crippen molar-refractivity contribution >= 4 is 33.0 Å². The van der Waals surface area contributed by atoms with E-state index in [1.54, 1.807) is 13.2 Å². The first-order chi connectivity index (χ1) is 8.19. The summed E-state index contributed by atoms with van der Waals surface area (Å²) in [6.45, 7) is 0. The number of rotatable bonds is 4. The van der Waals surface area contributed by atoms with Crippen LogP contribution in [0.5, 0.6) is 5.75 Å². The molecule has 0 fully saturated rings. The molecule has 1 aromatic heterocycles. The fourth-order valence-electron chi connectivity index (χ4n) is 1.45. The van der Waals surface area contributed by atoms with Crippen LogP contribution < -0.4 is 4.74 Å². The lowest BCUT2D eigenvalue weighted by atomic mass is 10.1. The quantitative estimate of drug-likeness (QED) is 0.799. The van der Waals surface area contributed by atoms with Gasteiger partial charge in [0.2, 0.25) is 0 Å². The third-order valence-corrected chi connectivity index (χ3v) is 3.84. The van der Waals surface area contributed by atoms with Crippen molar-refractivity contribution in [3.05, 3.63) is 50.6 Å². The number of carbonyl (C=O) groups excluding carboxylic acids is 1. The first-order valence-electron chi connectivity index (χ1n) is 5.09. The van der Waals surface area contributed by atoms with Gasteiger partial charge in [-0.05, 0) is 17.7 Å². The molecule has 0 aliphatic heterocycles. The van der Waals surface area contributed by atoms with Crippen molar-refractivity contribution in [2.45, 2.75) is 6.42 Å². The van der Waals surface area contributed by atoms with Gasteiger partial charge >= 0.3 is 0 Å². The van der Waals surface area contributed by atoms with Gasteiger partial charge in [-0.15, -0.1) is 11.3 Å². The Labute approximate surface area is 112 Å². The molecule has 88 valence electrons. The number of halogens is 1. The van der Waals surface area contributed by atoms with Gasteiger partial charge in [0.05, 0.1) is 12.0 Å². The molecule has 0 amide bonds. The van der Waals surface area contributed by atoms with E-state index in [0.717, 1.165) is 20.7 Å². The molecule has 0 unspecified atom stereocenters. The predicted molar refractivity (Wildman–Crippen MR) is 73.0 cm³/mol. The Balaban J connectivity index is 2.08. The van der Waals surface area contributed by atoms with Gasteiger partial charge in [-0.1, -0.05) is 28.1 Å². The summed E-state index contributed by atoms with van der Waals surface area (Å²) in [5.74, 6) is 0.870. The number of Topliss-reactive ketones (excluding diaryl/α,β-unsaturated/α-hetero) is 1. The van der Waals surface area contributed by atoms with Crippen molar-refractivity contribution in [3.8, 4) is 5.75 Å². The van der Waals surface area contributed by atoms with Crippen LogP contribution in [-0.2, 0) is 6.42 Å². The third-order valence-electron chi connectivity index (χ3n) is 2.36. The molecule has 0 atom stereocenters. The zero-order chi connectivity index (χ0) is 12.3. The summed E-state index contributed by atoms with van der Waals surface area (Å²) in [6.07, 6.45) is 0.428. The molecule has 17 heavy (non-hydrogen) atoms. The van der Waals surface area contributed by atoms with Crippen LogP contribution in [0.25, 0.3) is 0 Å². The van der Waals surface area contributed by atoms with Crippen LogP contribution in [0.1, 0.15) is 15.2 Å². The fraction of sp³-hybridized carbons (Fsp3) is 0.154. The van der Waals surface area contributed by atoms with E-state index in [9.17, 15) is 4.79 Å². The predicted octanol–water partition coefficient (Wildman–Crippen LogP) is 3.94. The molecule has 0 saturated heterocycles. The summed E-state index contributed by atoms with van der Waals surface area (Å²) in [5, 5.41) is 1.84. The highest BCUT2D eigenvalue weighted by Gasteiger charge is 2.10. The second-order valence-corrected chi connectivity index (χ2v) is 5.40. The standard InChI is InChI=1S/C13H11BrO2S/c1-16-11-7-13(17-8-11)12(15)6-9-2-4-10(14)5-3-9/h2-5,7-8H,6H2,1H3. The van der Waals surface area contributed by atoms with Gasteiger partial charge in [-0.3, -0.25) is 4.79 Å². The minimum atomic E-state index is 0.126. The first-order valence-corrected chi connectivity index (χ1v) is 6.76. The Morgan fingerprint density at radius 1 is 1.35 bits per heavy atom. The maximum atomic E-state index is 12.0. The second-order valence-electron chi connectivity index (χ2n) is 3.58. The van der Waals surface area contributed by atoms with E-state index in [-0.39, 0.29) is 5.78 Å². The van der Waals surface area contributed by atoms with Crippen LogP contribution in [0, 0.1) is 0 Å². The number of ketones is 1. The molecule has 2 nitrogen and oxygen atoms in total. The van der Waals surface area contributed by atoms with Crippen LogP contribution in [0.2, 0.25) is 0 Å². The van der Waals surface area contributed by atoms with Crippen molar-refractivity contribution in [3.63, 3.8) is 0 Å². The molecule has 0 bridgehead atoms. The summed E-state index contributed by atoms with van der Waals surface area (Å²) in [6, 6.07) is 9.57. The molecule has 2 aromatic rings. The van der Waals surface area contributed by atoms with Gasteiger partial charge in [0.25, 0.3) is 0 Å². The van der Waals surface area contributed by atoms with E-state index in [0.29, 0.717) is 6.42 Å². The van der Waals surface area contributed by atoms with Crippen LogP contribution in [0.4, 0.5) is 0 Å². The Kier molecular flexibility index (Phi) is 3.97. The monoisotopic (exact) mass is 310 g/mol. The average molecular weight is 311 g/mol. The number of carbonyl (C=O) groups is 1. The SMILES string of the molecule is COc1csc(C(=O)Cc2ccc(Br)cc2)c1. The van der Waals surface area contributed by atoms with E-state index in [1.165, 1.54) is 11.3 Å². The summed E-state index contributed by atoms with van der Waals surface area (Å²) >= 11 is 4.79. The largest absolute Gasteiger partial charge is 0.496 e. The van der Waals surface area contributed by atoms with Gasteiger partial charge in [0, 0.05) is 22.3 Å². The lowest BCUT2D eigenvalue weighted by Crippen LogP contribution is -2.00. The zero-order valence-corrected chi connectivity index (χ0v) is 11.7. The Bertz CT molecular complexity index is 516. The van der Waals surface area contributed by atoms with Crippen LogP contribution >= 0.6 is 27.3 Å². The van der Waals surface area contributed by atoms with Crippen molar-refractivity contribution in [2.24, 2.45) is 0 Å². The van der Waals surface area contributed by atoms with E-state index >= 15 is 0 Å². The van der Waals surface area contributed by atoms with Crippen molar-refractivity contribution in [2.75, 3.05) is 7.11 Å². The molecule has 0 aliphatic carbocycles. The van der Waals surface area contributed by atoms with Gasteiger partial charge in [0.15, 0.2) is 5.78 Å². The zero-order valence-electron chi connectivity index (χ0n) is 9.27. The molecular formula is C13H11BrO2S. The van der Waals surface area contributed by atoms with Crippen molar-refractivity contribution < 1.29 is 9.53 Å². The second kappa shape index (κ2) is 5.47. The lowest BCUT2D eigenvalue weighted by Gasteiger charge is -1.99. The van der Waals surface area contributed by atoms with E-state index in [2.05, 4.69) is 15.9 Å². The molecule has 0 saturated carbocycles. The Hall–Kier alpha value is -1.13. The third kappa shape index (κ3) is 3.17. The number of methoxy groups -OCH3 is 1. The number of thiophene rings is 1. The molecule has 4 heteroatoms. The van der Waals surface area contributed by atoms with Gasteiger partial charge in [0.1, 0.15) is 5.75 Å². The van der Waals surface area contributed by atoms with Crippen molar-refractivity contribution in [1.82, 2.24) is 0 Å². The maximum Gasteiger partial charge on any atom is 0.177 e. The highest BCUT2D eigenvalue weighted by atomic mass is 79.9. The summed E-state index contributed by atoms with van der Waals surface area (Å²) in [5.41, 5.74) is 1.02. The minimum absolute atomic E-state index is 0.126.